The predicted molar refractivity (Wildman–Crippen MR) is 65.0 cm³/mol. The molecule has 1 saturated heterocycles. The van der Waals surface area contributed by atoms with Crippen LogP contribution < -0.4 is 5.32 Å². The van der Waals surface area contributed by atoms with Crippen LogP contribution in [0.15, 0.2) is 12.3 Å². The van der Waals surface area contributed by atoms with Crippen molar-refractivity contribution in [2.24, 2.45) is 0 Å². The molecule has 1 fully saturated rings. The van der Waals surface area contributed by atoms with Gasteiger partial charge in [-0.3, -0.25) is 10.1 Å². The Kier molecular flexibility index (Phi) is 3.44. The van der Waals surface area contributed by atoms with Gasteiger partial charge >= 0.3 is 5.69 Å². The van der Waals surface area contributed by atoms with Gasteiger partial charge in [0.1, 0.15) is 6.07 Å². The van der Waals surface area contributed by atoms with Crippen LogP contribution in [0.5, 0.6) is 0 Å². The standard InChI is InChI=1S/C10H10N4O2S/c11-4-7-3-9(14(15)16)10(12-5-7)13-8-1-2-17-6-8/h3,5,8H,1-2,6H2,(H,12,13). The van der Waals surface area contributed by atoms with Gasteiger partial charge < -0.3 is 5.32 Å². The molecule has 0 amide bonds. The topological polar surface area (TPSA) is 91.8 Å². The van der Waals surface area contributed by atoms with Gasteiger partial charge in [-0.1, -0.05) is 0 Å². The molecule has 1 aliphatic heterocycles. The molecule has 0 spiro atoms. The van der Waals surface area contributed by atoms with E-state index < -0.39 is 4.92 Å². The van der Waals surface area contributed by atoms with Crippen LogP contribution in [0.2, 0.25) is 0 Å². The molecule has 88 valence electrons. The van der Waals surface area contributed by atoms with Gasteiger partial charge in [-0.25, -0.2) is 4.98 Å². The highest BCUT2D eigenvalue weighted by Crippen LogP contribution is 2.26. The van der Waals surface area contributed by atoms with Crippen molar-refractivity contribution in [2.75, 3.05) is 16.8 Å². The second-order valence-corrected chi connectivity index (χ2v) is 4.82. The first kappa shape index (κ1) is 11.7. The van der Waals surface area contributed by atoms with Gasteiger partial charge in [-0.2, -0.15) is 17.0 Å². The van der Waals surface area contributed by atoms with Crippen molar-refractivity contribution in [1.82, 2.24) is 4.98 Å². The molecule has 2 heterocycles. The molecule has 1 aliphatic rings. The van der Waals surface area contributed by atoms with Crippen LogP contribution in [0.3, 0.4) is 0 Å². The van der Waals surface area contributed by atoms with Crippen molar-refractivity contribution < 1.29 is 4.92 Å². The maximum absolute atomic E-state index is 10.9. The molecule has 2 rings (SSSR count). The van der Waals surface area contributed by atoms with E-state index in [1.54, 1.807) is 0 Å². The third kappa shape index (κ3) is 2.65. The molecule has 0 radical (unpaired) electrons. The summed E-state index contributed by atoms with van der Waals surface area (Å²) >= 11 is 1.81. The van der Waals surface area contributed by atoms with Gasteiger partial charge in [-0.05, 0) is 12.2 Å². The second-order valence-electron chi connectivity index (χ2n) is 3.67. The lowest BCUT2D eigenvalue weighted by Crippen LogP contribution is -2.19. The van der Waals surface area contributed by atoms with Crippen LogP contribution in [0.4, 0.5) is 11.5 Å². The van der Waals surface area contributed by atoms with Gasteiger partial charge in [0.05, 0.1) is 10.5 Å². The first-order valence-electron chi connectivity index (χ1n) is 5.09. The summed E-state index contributed by atoms with van der Waals surface area (Å²) in [6.07, 6.45) is 2.32. The average molecular weight is 250 g/mol. The maximum Gasteiger partial charge on any atom is 0.312 e. The van der Waals surface area contributed by atoms with Crippen molar-refractivity contribution in [3.8, 4) is 6.07 Å². The fraction of sp³-hybridized carbons (Fsp3) is 0.400. The Labute approximate surface area is 102 Å². The summed E-state index contributed by atoms with van der Waals surface area (Å²) in [5.41, 5.74) is 0.0593. The highest BCUT2D eigenvalue weighted by molar-refractivity contribution is 7.99. The van der Waals surface area contributed by atoms with E-state index in [1.807, 2.05) is 17.8 Å². The third-order valence-electron chi connectivity index (χ3n) is 2.46. The number of anilines is 1. The maximum atomic E-state index is 10.9. The summed E-state index contributed by atoms with van der Waals surface area (Å²) in [4.78, 5) is 14.3. The van der Waals surface area contributed by atoms with Crippen LogP contribution in [0.25, 0.3) is 0 Å². The molecular weight excluding hydrogens is 240 g/mol. The van der Waals surface area contributed by atoms with E-state index in [9.17, 15) is 10.1 Å². The SMILES string of the molecule is N#Cc1cnc(NC2CCSC2)c([N+](=O)[O-])c1. The minimum absolute atomic E-state index is 0.138. The smallest absolute Gasteiger partial charge is 0.312 e. The van der Waals surface area contributed by atoms with Crippen LogP contribution in [-0.4, -0.2) is 27.5 Å². The van der Waals surface area contributed by atoms with Crippen LogP contribution in [0, 0.1) is 21.4 Å². The molecule has 0 saturated carbocycles. The molecule has 0 aliphatic carbocycles. The number of pyridine rings is 1. The largest absolute Gasteiger partial charge is 0.361 e. The Balaban J connectivity index is 2.26. The lowest BCUT2D eigenvalue weighted by atomic mass is 10.2. The number of hydrogen-bond donors (Lipinski definition) is 1. The summed E-state index contributed by atoms with van der Waals surface area (Å²) in [6, 6.07) is 3.31. The molecule has 17 heavy (non-hydrogen) atoms. The molecule has 1 atom stereocenters. The van der Waals surface area contributed by atoms with Gasteiger partial charge in [0.25, 0.3) is 0 Å². The average Bonchev–Trinajstić information content (AvgIpc) is 2.82. The number of nitrogens with zero attached hydrogens (tertiary/aromatic N) is 3. The van der Waals surface area contributed by atoms with Crippen LogP contribution in [-0.2, 0) is 0 Å². The van der Waals surface area contributed by atoms with Crippen LogP contribution in [0.1, 0.15) is 12.0 Å². The molecule has 1 aromatic heterocycles. The van der Waals surface area contributed by atoms with E-state index >= 15 is 0 Å². The fourth-order valence-electron chi connectivity index (χ4n) is 1.61. The number of thioether (sulfide) groups is 1. The summed E-state index contributed by atoms with van der Waals surface area (Å²) in [5.74, 6) is 2.24. The number of aromatic nitrogens is 1. The Morgan fingerprint density at radius 3 is 3.12 bits per heavy atom. The monoisotopic (exact) mass is 250 g/mol. The quantitative estimate of drug-likeness (QED) is 0.649. The Morgan fingerprint density at radius 1 is 1.71 bits per heavy atom. The lowest BCUT2D eigenvalue weighted by Gasteiger charge is -2.11. The normalized spacial score (nSPS) is 18.6. The molecule has 6 nitrogen and oxygen atoms in total. The third-order valence-corrected chi connectivity index (χ3v) is 3.63. The molecular formula is C10H10N4O2S. The Hall–Kier alpha value is -1.81. The molecule has 0 bridgehead atoms. The fourth-order valence-corrected chi connectivity index (χ4v) is 2.76. The van der Waals surface area contributed by atoms with Gasteiger partial charge in [-0.15, -0.1) is 0 Å². The lowest BCUT2D eigenvalue weighted by molar-refractivity contribution is -0.384. The van der Waals surface area contributed by atoms with Crippen molar-refractivity contribution in [1.29, 1.82) is 5.26 Å². The summed E-state index contributed by atoms with van der Waals surface area (Å²) in [6.45, 7) is 0. The Bertz CT molecular complexity index is 480. The highest BCUT2D eigenvalue weighted by Gasteiger charge is 2.21. The van der Waals surface area contributed by atoms with Crippen molar-refractivity contribution >= 4 is 23.3 Å². The van der Waals surface area contributed by atoms with Crippen molar-refractivity contribution in [3.05, 3.63) is 27.9 Å². The second kappa shape index (κ2) is 5.01. The summed E-state index contributed by atoms with van der Waals surface area (Å²) in [5, 5.41) is 22.6. The van der Waals surface area contributed by atoms with E-state index in [4.69, 9.17) is 5.26 Å². The molecule has 0 aromatic carbocycles. The Morgan fingerprint density at radius 2 is 2.53 bits per heavy atom. The van der Waals surface area contributed by atoms with E-state index in [1.165, 1.54) is 12.3 Å². The molecule has 1 N–H and O–H groups in total. The number of hydrogen-bond acceptors (Lipinski definition) is 6. The first-order valence-corrected chi connectivity index (χ1v) is 6.25. The van der Waals surface area contributed by atoms with E-state index in [0.29, 0.717) is 0 Å². The minimum atomic E-state index is -0.516. The van der Waals surface area contributed by atoms with Gasteiger partial charge in [0, 0.05) is 24.1 Å². The number of nitrogens with one attached hydrogen (secondary N) is 1. The highest BCUT2D eigenvalue weighted by atomic mass is 32.2. The molecule has 1 unspecified atom stereocenters. The number of nitro groups is 1. The van der Waals surface area contributed by atoms with E-state index in [-0.39, 0.29) is 23.1 Å². The summed E-state index contributed by atoms with van der Waals surface area (Å²) in [7, 11) is 0. The zero-order valence-electron chi connectivity index (χ0n) is 8.92. The van der Waals surface area contributed by atoms with Crippen LogP contribution >= 0.6 is 11.8 Å². The number of rotatable bonds is 3. The van der Waals surface area contributed by atoms with Gasteiger partial charge in [0.15, 0.2) is 0 Å². The van der Waals surface area contributed by atoms with Gasteiger partial charge in [0.2, 0.25) is 5.82 Å². The summed E-state index contributed by atoms with van der Waals surface area (Å²) < 4.78 is 0. The zero-order valence-corrected chi connectivity index (χ0v) is 9.74. The van der Waals surface area contributed by atoms with Crippen molar-refractivity contribution in [3.63, 3.8) is 0 Å². The first-order chi connectivity index (χ1) is 8.20. The molecule has 1 aromatic rings. The predicted octanol–water partition coefficient (Wildman–Crippen LogP) is 1.78. The zero-order chi connectivity index (χ0) is 12.3. The minimum Gasteiger partial charge on any atom is -0.361 e. The van der Waals surface area contributed by atoms with E-state index in [2.05, 4.69) is 10.3 Å². The van der Waals surface area contributed by atoms with Crippen molar-refractivity contribution in [2.45, 2.75) is 12.5 Å². The molecule has 7 heteroatoms. The number of nitriles is 1. The van der Waals surface area contributed by atoms with E-state index in [0.717, 1.165) is 17.9 Å².